The van der Waals surface area contributed by atoms with Crippen LogP contribution in [0.2, 0.25) is 5.02 Å². The van der Waals surface area contributed by atoms with E-state index in [1.54, 1.807) is 6.92 Å². The summed E-state index contributed by atoms with van der Waals surface area (Å²) in [5, 5.41) is 12.5. The standard InChI is InChI=1S/C14H18ClF2NO3/c1-3-6-14(2,12(19)20)18-8-9-7-10(15)4-5-11(9)21-13(16)17/h4-5,7,13,18H,3,6,8H2,1-2H3,(H,19,20). The highest BCUT2D eigenvalue weighted by Gasteiger charge is 2.31. The van der Waals surface area contributed by atoms with E-state index in [9.17, 15) is 18.7 Å². The fraction of sp³-hybridized carbons (Fsp3) is 0.500. The Hall–Kier alpha value is -1.40. The number of benzene rings is 1. The molecule has 0 aliphatic heterocycles. The molecule has 0 saturated carbocycles. The second kappa shape index (κ2) is 7.56. The fourth-order valence-electron chi connectivity index (χ4n) is 1.96. The Labute approximate surface area is 127 Å². The average molecular weight is 322 g/mol. The second-order valence-corrected chi connectivity index (χ2v) is 5.31. The van der Waals surface area contributed by atoms with Gasteiger partial charge in [-0.05, 0) is 31.5 Å². The molecule has 0 aromatic heterocycles. The van der Waals surface area contributed by atoms with E-state index in [1.807, 2.05) is 6.92 Å². The Morgan fingerprint density at radius 2 is 2.19 bits per heavy atom. The smallest absolute Gasteiger partial charge is 0.387 e. The van der Waals surface area contributed by atoms with Crippen LogP contribution in [0.5, 0.6) is 5.75 Å². The molecule has 0 saturated heterocycles. The summed E-state index contributed by atoms with van der Waals surface area (Å²) in [6.45, 7) is 0.530. The number of carbonyl (C=O) groups is 1. The minimum Gasteiger partial charge on any atom is -0.480 e. The van der Waals surface area contributed by atoms with Gasteiger partial charge in [0.1, 0.15) is 11.3 Å². The number of alkyl halides is 2. The van der Waals surface area contributed by atoms with Crippen molar-refractivity contribution in [3.8, 4) is 5.75 Å². The Balaban J connectivity index is 2.90. The van der Waals surface area contributed by atoms with Gasteiger partial charge in [-0.2, -0.15) is 8.78 Å². The minimum absolute atomic E-state index is 0.0221. The predicted molar refractivity (Wildman–Crippen MR) is 75.9 cm³/mol. The van der Waals surface area contributed by atoms with Crippen LogP contribution in [0.4, 0.5) is 8.78 Å². The molecule has 0 heterocycles. The first-order chi connectivity index (χ1) is 9.78. The molecule has 2 N–H and O–H groups in total. The lowest BCUT2D eigenvalue weighted by Crippen LogP contribution is -2.49. The molecular weight excluding hydrogens is 304 g/mol. The quantitative estimate of drug-likeness (QED) is 0.767. The number of ether oxygens (including phenoxy) is 1. The van der Waals surface area contributed by atoms with Crippen molar-refractivity contribution >= 4 is 17.6 Å². The maximum atomic E-state index is 12.4. The number of carboxylic acid groups (broad SMARTS) is 1. The van der Waals surface area contributed by atoms with Crippen LogP contribution in [-0.4, -0.2) is 23.2 Å². The van der Waals surface area contributed by atoms with Gasteiger partial charge in [0, 0.05) is 17.1 Å². The van der Waals surface area contributed by atoms with Gasteiger partial charge < -0.3 is 9.84 Å². The van der Waals surface area contributed by atoms with Crippen LogP contribution in [0, 0.1) is 0 Å². The molecule has 4 nitrogen and oxygen atoms in total. The lowest BCUT2D eigenvalue weighted by atomic mass is 9.96. The van der Waals surface area contributed by atoms with E-state index >= 15 is 0 Å². The van der Waals surface area contributed by atoms with Crippen molar-refractivity contribution in [1.29, 1.82) is 0 Å². The summed E-state index contributed by atoms with van der Waals surface area (Å²) in [5.41, 5.74) is -0.759. The third-order valence-corrected chi connectivity index (χ3v) is 3.36. The van der Waals surface area contributed by atoms with E-state index in [4.69, 9.17) is 11.6 Å². The largest absolute Gasteiger partial charge is 0.480 e. The number of hydrogen-bond acceptors (Lipinski definition) is 3. The van der Waals surface area contributed by atoms with E-state index in [0.717, 1.165) is 0 Å². The summed E-state index contributed by atoms with van der Waals surface area (Å²) in [6.07, 6.45) is 1.08. The van der Waals surface area contributed by atoms with Crippen molar-refractivity contribution in [2.24, 2.45) is 0 Å². The number of nitrogens with one attached hydrogen (secondary N) is 1. The van der Waals surface area contributed by atoms with Crippen molar-refractivity contribution in [3.05, 3.63) is 28.8 Å². The van der Waals surface area contributed by atoms with Crippen LogP contribution in [-0.2, 0) is 11.3 Å². The van der Waals surface area contributed by atoms with Gasteiger partial charge in [0.05, 0.1) is 0 Å². The van der Waals surface area contributed by atoms with Crippen LogP contribution in [0.1, 0.15) is 32.3 Å². The summed E-state index contributed by atoms with van der Waals surface area (Å²) in [7, 11) is 0. The summed E-state index contributed by atoms with van der Waals surface area (Å²) in [6, 6.07) is 4.25. The molecule has 0 aliphatic carbocycles. The molecule has 1 atom stereocenters. The molecule has 0 fully saturated rings. The first-order valence-electron chi connectivity index (χ1n) is 6.50. The molecule has 1 unspecified atom stereocenters. The summed E-state index contributed by atoms with van der Waals surface area (Å²) in [4.78, 5) is 11.3. The van der Waals surface area contributed by atoms with Gasteiger partial charge in [0.15, 0.2) is 0 Å². The zero-order valence-electron chi connectivity index (χ0n) is 11.8. The van der Waals surface area contributed by atoms with Gasteiger partial charge >= 0.3 is 12.6 Å². The number of hydrogen-bond donors (Lipinski definition) is 2. The van der Waals surface area contributed by atoms with E-state index < -0.39 is 18.1 Å². The Morgan fingerprint density at radius 1 is 1.52 bits per heavy atom. The average Bonchev–Trinajstić information content (AvgIpc) is 2.38. The lowest BCUT2D eigenvalue weighted by Gasteiger charge is -2.26. The topological polar surface area (TPSA) is 58.6 Å². The minimum atomic E-state index is -2.95. The van der Waals surface area contributed by atoms with Gasteiger partial charge in [-0.3, -0.25) is 10.1 Å². The highest BCUT2D eigenvalue weighted by molar-refractivity contribution is 6.30. The predicted octanol–water partition coefficient (Wildman–Crippen LogP) is 3.67. The van der Waals surface area contributed by atoms with Gasteiger partial charge in [-0.1, -0.05) is 24.9 Å². The van der Waals surface area contributed by atoms with Crippen molar-refractivity contribution < 1.29 is 23.4 Å². The normalized spacial score (nSPS) is 14.0. The molecule has 1 aromatic carbocycles. The van der Waals surface area contributed by atoms with Crippen molar-refractivity contribution in [3.63, 3.8) is 0 Å². The van der Waals surface area contributed by atoms with Crippen LogP contribution in [0.3, 0.4) is 0 Å². The number of carboxylic acids is 1. The highest BCUT2D eigenvalue weighted by atomic mass is 35.5. The van der Waals surface area contributed by atoms with Gasteiger partial charge in [-0.15, -0.1) is 0 Å². The Bertz CT molecular complexity index is 499. The molecule has 118 valence electrons. The molecule has 0 radical (unpaired) electrons. The van der Waals surface area contributed by atoms with Gasteiger partial charge in [-0.25, -0.2) is 0 Å². The first-order valence-corrected chi connectivity index (χ1v) is 6.88. The molecule has 0 aliphatic rings. The van der Waals surface area contributed by atoms with E-state index in [-0.39, 0.29) is 12.3 Å². The summed E-state index contributed by atoms with van der Waals surface area (Å²) < 4.78 is 29.1. The molecule has 0 spiro atoms. The molecule has 0 amide bonds. The zero-order chi connectivity index (χ0) is 16.0. The third-order valence-electron chi connectivity index (χ3n) is 3.13. The van der Waals surface area contributed by atoms with Crippen LogP contribution >= 0.6 is 11.6 Å². The molecule has 0 bridgehead atoms. The molecular formula is C14H18ClF2NO3. The van der Waals surface area contributed by atoms with E-state index in [0.29, 0.717) is 23.4 Å². The summed E-state index contributed by atoms with van der Waals surface area (Å²) in [5.74, 6) is -1.02. The molecule has 7 heteroatoms. The second-order valence-electron chi connectivity index (χ2n) is 4.87. The maximum absolute atomic E-state index is 12.4. The van der Waals surface area contributed by atoms with E-state index in [1.165, 1.54) is 18.2 Å². The molecule has 1 aromatic rings. The first kappa shape index (κ1) is 17.7. The highest BCUT2D eigenvalue weighted by Crippen LogP contribution is 2.25. The summed E-state index contributed by atoms with van der Waals surface area (Å²) >= 11 is 5.84. The van der Waals surface area contributed by atoms with Gasteiger partial charge in [0.25, 0.3) is 0 Å². The molecule has 21 heavy (non-hydrogen) atoms. The van der Waals surface area contributed by atoms with E-state index in [2.05, 4.69) is 10.1 Å². The lowest BCUT2D eigenvalue weighted by molar-refractivity contribution is -0.144. The molecule has 1 rings (SSSR count). The monoisotopic (exact) mass is 321 g/mol. The third kappa shape index (κ3) is 5.13. The SMILES string of the molecule is CCCC(C)(NCc1cc(Cl)ccc1OC(F)F)C(=O)O. The van der Waals surface area contributed by atoms with Crippen molar-refractivity contribution in [2.75, 3.05) is 0 Å². The van der Waals surface area contributed by atoms with Crippen LogP contribution in [0.25, 0.3) is 0 Å². The number of halogens is 3. The Morgan fingerprint density at radius 3 is 2.71 bits per heavy atom. The van der Waals surface area contributed by atoms with Gasteiger partial charge in [0.2, 0.25) is 0 Å². The van der Waals surface area contributed by atoms with Crippen molar-refractivity contribution in [1.82, 2.24) is 5.32 Å². The van der Waals surface area contributed by atoms with Crippen LogP contribution < -0.4 is 10.1 Å². The number of rotatable bonds is 8. The number of aliphatic carboxylic acids is 1. The zero-order valence-corrected chi connectivity index (χ0v) is 12.6. The Kier molecular flexibility index (Phi) is 6.36. The maximum Gasteiger partial charge on any atom is 0.387 e. The van der Waals surface area contributed by atoms with Crippen LogP contribution in [0.15, 0.2) is 18.2 Å². The fourth-order valence-corrected chi connectivity index (χ4v) is 2.15. The van der Waals surface area contributed by atoms with Crippen molar-refractivity contribution in [2.45, 2.75) is 45.4 Å².